The monoisotopic (exact) mass is 270 g/mol. The Morgan fingerprint density at radius 1 is 1.56 bits per heavy atom. The van der Waals surface area contributed by atoms with Gasteiger partial charge in [0, 0.05) is 24.4 Å². The predicted octanol–water partition coefficient (Wildman–Crippen LogP) is 1.33. The minimum atomic E-state index is -1.02. The second-order valence-electron chi connectivity index (χ2n) is 4.22. The van der Waals surface area contributed by atoms with E-state index in [1.807, 2.05) is 36.4 Å². The molecule has 0 aliphatic carbocycles. The summed E-state index contributed by atoms with van der Waals surface area (Å²) in [4.78, 5) is 25.1. The van der Waals surface area contributed by atoms with Crippen LogP contribution in [-0.2, 0) is 9.59 Å². The average Bonchev–Trinajstić information content (AvgIpc) is 2.79. The smallest absolute Gasteiger partial charge is 0.327 e. The van der Waals surface area contributed by atoms with Gasteiger partial charge in [-0.1, -0.05) is 6.07 Å². The molecule has 0 aliphatic rings. The summed E-state index contributed by atoms with van der Waals surface area (Å²) in [5.41, 5.74) is 0. The van der Waals surface area contributed by atoms with Crippen LogP contribution in [0.15, 0.2) is 17.5 Å². The van der Waals surface area contributed by atoms with E-state index >= 15 is 0 Å². The molecule has 0 spiro atoms. The Labute approximate surface area is 110 Å². The lowest BCUT2D eigenvalue weighted by molar-refractivity contribution is -0.142. The fourth-order valence-corrected chi connectivity index (χ4v) is 2.47. The number of nitrogens with one attached hydrogen (secondary N) is 1. The molecule has 2 atom stereocenters. The van der Waals surface area contributed by atoms with Gasteiger partial charge < -0.3 is 10.4 Å². The molecule has 0 radical (unpaired) electrons. The molecule has 1 amide bonds. The average molecular weight is 270 g/mol. The van der Waals surface area contributed by atoms with Crippen molar-refractivity contribution in [3.63, 3.8) is 0 Å². The van der Waals surface area contributed by atoms with Gasteiger partial charge in [0.15, 0.2) is 0 Å². The van der Waals surface area contributed by atoms with Crippen LogP contribution in [0.1, 0.15) is 24.8 Å². The first-order chi connectivity index (χ1) is 8.41. The number of carboxylic acids is 1. The molecular formula is C12H18N2O3S. The van der Waals surface area contributed by atoms with Gasteiger partial charge in [-0.25, -0.2) is 4.79 Å². The van der Waals surface area contributed by atoms with Crippen LogP contribution in [0.25, 0.3) is 0 Å². The van der Waals surface area contributed by atoms with Gasteiger partial charge in [-0.05, 0) is 25.4 Å². The maximum Gasteiger partial charge on any atom is 0.327 e. The molecule has 6 heteroatoms. The van der Waals surface area contributed by atoms with Crippen LogP contribution in [0.4, 0.5) is 0 Å². The second-order valence-corrected chi connectivity index (χ2v) is 5.20. The zero-order chi connectivity index (χ0) is 13.7. The molecule has 5 nitrogen and oxygen atoms in total. The van der Waals surface area contributed by atoms with Crippen molar-refractivity contribution in [1.29, 1.82) is 0 Å². The van der Waals surface area contributed by atoms with E-state index < -0.39 is 12.0 Å². The highest BCUT2D eigenvalue weighted by atomic mass is 32.1. The van der Waals surface area contributed by atoms with Crippen LogP contribution in [-0.4, -0.2) is 41.5 Å². The molecule has 0 saturated heterocycles. The molecule has 1 rings (SSSR count). The molecule has 1 aromatic heterocycles. The highest BCUT2D eigenvalue weighted by Crippen LogP contribution is 2.23. The molecule has 0 fully saturated rings. The first-order valence-electron chi connectivity index (χ1n) is 5.65. The van der Waals surface area contributed by atoms with E-state index in [0.29, 0.717) is 0 Å². The van der Waals surface area contributed by atoms with Gasteiger partial charge >= 0.3 is 5.97 Å². The number of carbonyl (C=O) groups is 2. The standard InChI is InChI=1S/C12H18N2O3S/c1-8(11-5-4-6-18-11)14(3)7-10(12(16)17)13-9(2)15/h4-6,8,10H,7H2,1-3H3,(H,13,15)(H,16,17). The molecule has 0 bridgehead atoms. The largest absolute Gasteiger partial charge is 0.480 e. The van der Waals surface area contributed by atoms with Crippen molar-refractivity contribution in [1.82, 2.24) is 10.2 Å². The lowest BCUT2D eigenvalue weighted by atomic mass is 10.2. The summed E-state index contributed by atoms with van der Waals surface area (Å²) >= 11 is 1.63. The van der Waals surface area contributed by atoms with Gasteiger partial charge in [0.25, 0.3) is 0 Å². The Hall–Kier alpha value is -1.40. The fraction of sp³-hybridized carbons (Fsp3) is 0.500. The minimum Gasteiger partial charge on any atom is -0.480 e. The molecular weight excluding hydrogens is 252 g/mol. The van der Waals surface area contributed by atoms with Crippen LogP contribution < -0.4 is 5.32 Å². The quantitative estimate of drug-likeness (QED) is 0.818. The van der Waals surface area contributed by atoms with Crippen molar-refractivity contribution < 1.29 is 14.7 Å². The van der Waals surface area contributed by atoms with Crippen LogP contribution in [0.3, 0.4) is 0 Å². The number of nitrogens with zero attached hydrogens (tertiary/aromatic N) is 1. The van der Waals surface area contributed by atoms with Crippen molar-refractivity contribution in [2.75, 3.05) is 13.6 Å². The number of amides is 1. The summed E-state index contributed by atoms with van der Waals surface area (Å²) in [7, 11) is 1.85. The first kappa shape index (κ1) is 14.7. The highest BCUT2D eigenvalue weighted by Gasteiger charge is 2.23. The lowest BCUT2D eigenvalue weighted by Crippen LogP contribution is -2.47. The van der Waals surface area contributed by atoms with E-state index in [0.717, 1.165) is 0 Å². The van der Waals surface area contributed by atoms with Crippen molar-refractivity contribution in [2.24, 2.45) is 0 Å². The summed E-state index contributed by atoms with van der Waals surface area (Å²) in [6, 6.07) is 3.22. The minimum absolute atomic E-state index is 0.126. The third kappa shape index (κ3) is 4.12. The number of hydrogen-bond donors (Lipinski definition) is 2. The molecule has 18 heavy (non-hydrogen) atoms. The van der Waals surface area contributed by atoms with E-state index in [4.69, 9.17) is 5.11 Å². The highest BCUT2D eigenvalue weighted by molar-refractivity contribution is 7.10. The third-order valence-corrected chi connectivity index (χ3v) is 3.80. The molecule has 0 aliphatic heterocycles. The van der Waals surface area contributed by atoms with E-state index in [1.165, 1.54) is 11.8 Å². The van der Waals surface area contributed by atoms with Gasteiger partial charge in [-0.15, -0.1) is 11.3 Å². The molecule has 1 aromatic rings. The van der Waals surface area contributed by atoms with Crippen LogP contribution >= 0.6 is 11.3 Å². The number of likely N-dealkylation sites (N-methyl/N-ethyl adjacent to an activating group) is 1. The number of carbonyl (C=O) groups excluding carboxylic acids is 1. The van der Waals surface area contributed by atoms with E-state index in [2.05, 4.69) is 5.32 Å². The second kappa shape index (κ2) is 6.51. The number of rotatable bonds is 6. The molecule has 1 heterocycles. The van der Waals surface area contributed by atoms with Gasteiger partial charge in [0.1, 0.15) is 6.04 Å². The molecule has 0 saturated carbocycles. The summed E-state index contributed by atoms with van der Waals surface area (Å²) in [5.74, 6) is -1.35. The summed E-state index contributed by atoms with van der Waals surface area (Å²) in [5, 5.41) is 13.5. The fourth-order valence-electron chi connectivity index (χ4n) is 1.62. The maximum atomic E-state index is 11.0. The van der Waals surface area contributed by atoms with Gasteiger partial charge in [-0.2, -0.15) is 0 Å². The van der Waals surface area contributed by atoms with Crippen LogP contribution in [0.5, 0.6) is 0 Å². The topological polar surface area (TPSA) is 69.6 Å². The lowest BCUT2D eigenvalue weighted by Gasteiger charge is -2.26. The SMILES string of the molecule is CC(=O)NC(CN(C)C(C)c1cccs1)C(=O)O. The van der Waals surface area contributed by atoms with Gasteiger partial charge in [-0.3, -0.25) is 9.69 Å². The molecule has 2 N–H and O–H groups in total. The van der Waals surface area contributed by atoms with Crippen molar-refractivity contribution in [3.05, 3.63) is 22.4 Å². The number of carboxylic acid groups (broad SMARTS) is 1. The number of thiophene rings is 1. The predicted molar refractivity (Wildman–Crippen MR) is 70.6 cm³/mol. The normalized spacial score (nSPS) is 14.2. The summed E-state index contributed by atoms with van der Waals surface area (Å²) in [6.45, 7) is 3.60. The van der Waals surface area contributed by atoms with E-state index in [9.17, 15) is 9.59 Å². The summed E-state index contributed by atoms with van der Waals surface area (Å²) in [6.07, 6.45) is 0. The molecule has 0 aromatic carbocycles. The Morgan fingerprint density at radius 3 is 2.67 bits per heavy atom. The van der Waals surface area contributed by atoms with Crippen LogP contribution in [0, 0.1) is 0 Å². The van der Waals surface area contributed by atoms with Gasteiger partial charge in [0.2, 0.25) is 5.91 Å². The Morgan fingerprint density at radius 2 is 2.22 bits per heavy atom. The van der Waals surface area contributed by atoms with Crippen molar-refractivity contribution in [3.8, 4) is 0 Å². The zero-order valence-electron chi connectivity index (χ0n) is 10.7. The molecule has 100 valence electrons. The van der Waals surface area contributed by atoms with Crippen LogP contribution in [0.2, 0.25) is 0 Å². The van der Waals surface area contributed by atoms with Crippen molar-refractivity contribution in [2.45, 2.75) is 25.9 Å². The zero-order valence-corrected chi connectivity index (χ0v) is 11.5. The number of aliphatic carboxylic acids is 1. The maximum absolute atomic E-state index is 11.0. The van der Waals surface area contributed by atoms with E-state index in [1.54, 1.807) is 11.3 Å². The Balaban J connectivity index is 2.63. The van der Waals surface area contributed by atoms with Crippen molar-refractivity contribution >= 4 is 23.2 Å². The number of hydrogen-bond acceptors (Lipinski definition) is 4. The van der Waals surface area contributed by atoms with Gasteiger partial charge in [0.05, 0.1) is 0 Å². The first-order valence-corrected chi connectivity index (χ1v) is 6.53. The third-order valence-electron chi connectivity index (χ3n) is 2.76. The Bertz CT molecular complexity index is 405. The Kier molecular flexibility index (Phi) is 5.30. The summed E-state index contributed by atoms with van der Waals surface area (Å²) < 4.78 is 0. The van der Waals surface area contributed by atoms with E-state index in [-0.39, 0.29) is 18.5 Å². The molecule has 2 unspecified atom stereocenters.